The molecular weight excluding hydrogens is 402 g/mol. The number of ether oxygens (including phenoxy) is 2. The molecule has 0 heterocycles. The summed E-state index contributed by atoms with van der Waals surface area (Å²) in [6.45, 7) is 4.04. The fourth-order valence-corrected chi connectivity index (χ4v) is 3.18. The number of carbonyl (C=O) groups is 2. The van der Waals surface area contributed by atoms with Crippen LogP contribution >= 0.6 is 0 Å². The van der Waals surface area contributed by atoms with Crippen molar-refractivity contribution in [3.8, 4) is 5.75 Å². The lowest BCUT2D eigenvalue weighted by Gasteiger charge is -2.08. The Balaban J connectivity index is 1.35. The van der Waals surface area contributed by atoms with Gasteiger partial charge >= 0.3 is 0 Å². The zero-order chi connectivity index (χ0) is 22.6. The number of amides is 1. The number of Topliss-reactive ketones (excluding diaryl/α,β-unsaturated/α-hetero) is 1. The molecule has 0 aromatic heterocycles. The Labute approximate surface area is 189 Å². The molecule has 1 N–H and O–H groups in total. The molecule has 0 fully saturated rings. The van der Waals surface area contributed by atoms with Crippen LogP contribution in [0.2, 0.25) is 0 Å². The van der Waals surface area contributed by atoms with E-state index >= 15 is 0 Å². The van der Waals surface area contributed by atoms with E-state index in [4.69, 9.17) is 9.47 Å². The average Bonchev–Trinajstić information content (AvgIpc) is 2.83. The Kier molecular flexibility index (Phi) is 9.02. The topological polar surface area (TPSA) is 64.6 Å². The van der Waals surface area contributed by atoms with Gasteiger partial charge in [0.15, 0.2) is 5.78 Å². The van der Waals surface area contributed by atoms with Gasteiger partial charge in [0, 0.05) is 24.9 Å². The first-order valence-corrected chi connectivity index (χ1v) is 10.9. The molecule has 32 heavy (non-hydrogen) atoms. The zero-order valence-corrected chi connectivity index (χ0v) is 18.4. The first-order chi connectivity index (χ1) is 15.6. The molecule has 1 amide bonds. The summed E-state index contributed by atoms with van der Waals surface area (Å²) >= 11 is 0. The van der Waals surface area contributed by atoms with Crippen molar-refractivity contribution < 1.29 is 19.1 Å². The zero-order valence-electron chi connectivity index (χ0n) is 18.4. The first-order valence-electron chi connectivity index (χ1n) is 10.9. The molecule has 0 aliphatic heterocycles. The number of hydrogen-bond acceptors (Lipinski definition) is 4. The summed E-state index contributed by atoms with van der Waals surface area (Å²) in [6.07, 6.45) is 0.342. The quantitative estimate of drug-likeness (QED) is 0.406. The predicted molar refractivity (Wildman–Crippen MR) is 124 cm³/mol. The van der Waals surface area contributed by atoms with Gasteiger partial charge in [-0.1, -0.05) is 54.6 Å². The lowest BCUT2D eigenvalue weighted by Crippen LogP contribution is -2.23. The smallest absolute Gasteiger partial charge is 0.220 e. The van der Waals surface area contributed by atoms with E-state index < -0.39 is 0 Å². The van der Waals surface area contributed by atoms with Gasteiger partial charge in [-0.25, -0.2) is 0 Å². The van der Waals surface area contributed by atoms with Crippen molar-refractivity contribution in [2.24, 2.45) is 0 Å². The standard InChI is InChI=1S/C27H29NO4/c1-2-32-25-14-12-24(13-15-25)26(29)16-17-27(30)28-18-21-8-10-23(11-9-21)20-31-19-22-6-4-3-5-7-22/h3-15H,2,16-20H2,1H3,(H,28,30). The van der Waals surface area contributed by atoms with Gasteiger partial charge in [0.05, 0.1) is 19.8 Å². The Morgan fingerprint density at radius 2 is 1.38 bits per heavy atom. The number of hydrogen-bond donors (Lipinski definition) is 1. The van der Waals surface area contributed by atoms with Gasteiger partial charge in [0.2, 0.25) is 5.91 Å². The summed E-state index contributed by atoms with van der Waals surface area (Å²) in [6, 6.07) is 25.0. The van der Waals surface area contributed by atoms with Gasteiger partial charge in [-0.2, -0.15) is 0 Å². The van der Waals surface area contributed by atoms with Crippen molar-refractivity contribution >= 4 is 11.7 Å². The van der Waals surface area contributed by atoms with Crippen molar-refractivity contribution in [1.29, 1.82) is 0 Å². The molecule has 0 bridgehead atoms. The van der Waals surface area contributed by atoms with Crippen LogP contribution in [0.5, 0.6) is 5.75 Å². The fourth-order valence-electron chi connectivity index (χ4n) is 3.18. The van der Waals surface area contributed by atoms with Gasteiger partial charge in [-0.3, -0.25) is 9.59 Å². The maximum absolute atomic E-state index is 12.3. The van der Waals surface area contributed by atoms with Crippen molar-refractivity contribution in [3.05, 3.63) is 101 Å². The molecule has 0 unspecified atom stereocenters. The van der Waals surface area contributed by atoms with Gasteiger partial charge in [0.1, 0.15) is 5.75 Å². The first kappa shape index (κ1) is 23.2. The number of benzene rings is 3. The van der Waals surface area contributed by atoms with E-state index in [1.807, 2.05) is 61.5 Å². The molecule has 0 saturated carbocycles. The van der Waals surface area contributed by atoms with E-state index in [1.165, 1.54) is 0 Å². The van der Waals surface area contributed by atoms with Crippen molar-refractivity contribution in [1.82, 2.24) is 5.32 Å². The highest BCUT2D eigenvalue weighted by Gasteiger charge is 2.09. The van der Waals surface area contributed by atoms with Gasteiger partial charge < -0.3 is 14.8 Å². The lowest BCUT2D eigenvalue weighted by molar-refractivity contribution is -0.121. The second kappa shape index (κ2) is 12.4. The van der Waals surface area contributed by atoms with Crippen LogP contribution in [0.25, 0.3) is 0 Å². The summed E-state index contributed by atoms with van der Waals surface area (Å²) < 4.78 is 11.1. The minimum atomic E-state index is -0.139. The number of carbonyl (C=O) groups excluding carboxylic acids is 2. The molecule has 0 atom stereocenters. The molecule has 3 aromatic rings. The third-order valence-corrected chi connectivity index (χ3v) is 4.96. The molecule has 0 aliphatic rings. The monoisotopic (exact) mass is 431 g/mol. The fraction of sp³-hybridized carbons (Fsp3) is 0.259. The molecule has 5 heteroatoms. The van der Waals surface area contributed by atoms with E-state index in [9.17, 15) is 9.59 Å². The second-order valence-electron chi connectivity index (χ2n) is 7.45. The highest BCUT2D eigenvalue weighted by molar-refractivity contribution is 5.98. The largest absolute Gasteiger partial charge is 0.494 e. The van der Waals surface area contributed by atoms with Crippen molar-refractivity contribution in [2.45, 2.75) is 39.5 Å². The average molecular weight is 432 g/mol. The normalized spacial score (nSPS) is 10.5. The maximum Gasteiger partial charge on any atom is 0.220 e. The molecule has 0 aliphatic carbocycles. The summed E-state index contributed by atoms with van der Waals surface area (Å²) in [4.78, 5) is 24.4. The Hall–Kier alpha value is -3.44. The maximum atomic E-state index is 12.3. The highest BCUT2D eigenvalue weighted by atomic mass is 16.5. The number of ketones is 1. The third kappa shape index (κ3) is 7.67. The Morgan fingerprint density at radius 3 is 2.03 bits per heavy atom. The minimum Gasteiger partial charge on any atom is -0.494 e. The van der Waals surface area contributed by atoms with Crippen LogP contribution < -0.4 is 10.1 Å². The van der Waals surface area contributed by atoms with Crippen LogP contribution in [0.3, 0.4) is 0 Å². The Bertz CT molecular complexity index is 982. The van der Waals surface area contributed by atoms with E-state index in [-0.39, 0.29) is 24.5 Å². The predicted octanol–water partition coefficient (Wildman–Crippen LogP) is 5.08. The van der Waals surface area contributed by atoms with E-state index in [0.717, 1.165) is 22.4 Å². The molecule has 3 rings (SSSR count). The van der Waals surface area contributed by atoms with Crippen LogP contribution in [0.4, 0.5) is 0 Å². The molecule has 0 radical (unpaired) electrons. The summed E-state index contributed by atoms with van der Waals surface area (Å²) in [5.41, 5.74) is 3.82. The van der Waals surface area contributed by atoms with E-state index in [2.05, 4.69) is 5.32 Å². The van der Waals surface area contributed by atoms with E-state index in [0.29, 0.717) is 31.9 Å². The molecule has 166 valence electrons. The number of nitrogens with one attached hydrogen (secondary N) is 1. The molecule has 5 nitrogen and oxygen atoms in total. The second-order valence-corrected chi connectivity index (χ2v) is 7.45. The van der Waals surface area contributed by atoms with Gasteiger partial charge in [-0.05, 0) is 47.9 Å². The van der Waals surface area contributed by atoms with Crippen molar-refractivity contribution in [3.63, 3.8) is 0 Å². The van der Waals surface area contributed by atoms with Crippen LogP contribution in [0.15, 0.2) is 78.9 Å². The van der Waals surface area contributed by atoms with E-state index in [1.54, 1.807) is 24.3 Å². The van der Waals surface area contributed by atoms with Crippen molar-refractivity contribution in [2.75, 3.05) is 6.61 Å². The van der Waals surface area contributed by atoms with Crippen LogP contribution in [-0.2, 0) is 29.3 Å². The molecule has 0 spiro atoms. The molecule has 3 aromatic carbocycles. The van der Waals surface area contributed by atoms with Gasteiger partial charge in [-0.15, -0.1) is 0 Å². The summed E-state index contributed by atoms with van der Waals surface area (Å²) in [7, 11) is 0. The summed E-state index contributed by atoms with van der Waals surface area (Å²) in [5, 5.41) is 2.87. The van der Waals surface area contributed by atoms with Gasteiger partial charge in [0.25, 0.3) is 0 Å². The summed E-state index contributed by atoms with van der Waals surface area (Å²) in [5.74, 6) is 0.540. The SMILES string of the molecule is CCOc1ccc(C(=O)CCC(=O)NCc2ccc(COCc3ccccc3)cc2)cc1. The van der Waals surface area contributed by atoms with Crippen LogP contribution in [-0.4, -0.2) is 18.3 Å². The molecule has 0 saturated heterocycles. The lowest BCUT2D eigenvalue weighted by atomic mass is 10.1. The number of rotatable bonds is 12. The van der Waals surface area contributed by atoms with Crippen LogP contribution in [0.1, 0.15) is 46.8 Å². The minimum absolute atomic E-state index is 0.0527. The molecular formula is C27H29NO4. The third-order valence-electron chi connectivity index (χ3n) is 4.96. The Morgan fingerprint density at radius 1 is 0.750 bits per heavy atom. The highest BCUT2D eigenvalue weighted by Crippen LogP contribution is 2.14. The van der Waals surface area contributed by atoms with Crippen LogP contribution in [0, 0.1) is 0 Å².